The monoisotopic (exact) mass is 192 g/mol. The van der Waals surface area contributed by atoms with E-state index in [1.807, 2.05) is 6.07 Å². The van der Waals surface area contributed by atoms with Crippen LogP contribution in [0, 0.1) is 0 Å². The van der Waals surface area contributed by atoms with Gasteiger partial charge in [0.05, 0.1) is 18.5 Å². The molecule has 0 atom stereocenters. The molecule has 3 heteroatoms. The lowest BCUT2D eigenvalue weighted by Gasteiger charge is -2.20. The van der Waals surface area contributed by atoms with E-state index in [2.05, 4.69) is 30.1 Å². The second-order valence-corrected chi connectivity index (χ2v) is 3.33. The van der Waals surface area contributed by atoms with Crippen molar-refractivity contribution in [1.82, 2.24) is 0 Å². The molecule has 1 aromatic rings. The van der Waals surface area contributed by atoms with Gasteiger partial charge in [0.2, 0.25) is 0 Å². The first kappa shape index (κ1) is 9.19. The molecule has 0 fully saturated rings. The van der Waals surface area contributed by atoms with E-state index in [4.69, 9.17) is 4.74 Å². The number of methoxy groups -OCH3 is 1. The third kappa shape index (κ3) is 1.29. The summed E-state index contributed by atoms with van der Waals surface area (Å²) in [7, 11) is 1.70. The fraction of sp³-hybridized carbons (Fsp3) is 0.455. The Morgan fingerprint density at radius 2 is 1.93 bits per heavy atom. The highest BCUT2D eigenvalue weighted by Gasteiger charge is 2.27. The quantitative estimate of drug-likeness (QED) is 0.756. The summed E-state index contributed by atoms with van der Waals surface area (Å²) in [6, 6.07) is 4.14. The van der Waals surface area contributed by atoms with E-state index >= 15 is 0 Å². The number of anilines is 3. The zero-order chi connectivity index (χ0) is 10.1. The van der Waals surface area contributed by atoms with Crippen LogP contribution in [0.3, 0.4) is 0 Å². The third-order valence-electron chi connectivity index (χ3n) is 2.66. The number of benzene rings is 1. The smallest absolute Gasteiger partial charge is 0.144 e. The van der Waals surface area contributed by atoms with Crippen molar-refractivity contribution >= 4 is 17.1 Å². The molecule has 1 N–H and O–H groups in total. The van der Waals surface area contributed by atoms with E-state index in [1.165, 1.54) is 11.4 Å². The van der Waals surface area contributed by atoms with Gasteiger partial charge in [0.15, 0.2) is 0 Å². The molecule has 3 nitrogen and oxygen atoms in total. The topological polar surface area (TPSA) is 34.4 Å². The maximum atomic E-state index is 5.22. The van der Waals surface area contributed by atoms with Crippen molar-refractivity contribution in [3.63, 3.8) is 0 Å². The Balaban J connectivity index is 2.30. The minimum atomic E-state index is 0.941. The summed E-state index contributed by atoms with van der Waals surface area (Å²) in [6.07, 6.45) is 0. The van der Waals surface area contributed by atoms with Gasteiger partial charge < -0.3 is 15.0 Å². The average molecular weight is 192 g/mol. The molecule has 0 amide bonds. The molecule has 1 aromatic carbocycles. The Morgan fingerprint density at radius 1 is 1.21 bits per heavy atom. The number of hydrogen-bond donors (Lipinski definition) is 1. The van der Waals surface area contributed by atoms with E-state index in [9.17, 15) is 0 Å². The van der Waals surface area contributed by atoms with Gasteiger partial charge in [-0.15, -0.1) is 0 Å². The third-order valence-corrected chi connectivity index (χ3v) is 2.66. The largest absolute Gasteiger partial charge is 0.494 e. The molecule has 0 aliphatic carbocycles. The number of fused-ring (bicyclic) bond motifs is 1. The first-order valence-electron chi connectivity index (χ1n) is 5.04. The van der Waals surface area contributed by atoms with Crippen LogP contribution in [0.1, 0.15) is 13.8 Å². The summed E-state index contributed by atoms with van der Waals surface area (Å²) in [6.45, 7) is 6.42. The van der Waals surface area contributed by atoms with E-state index in [0.29, 0.717) is 0 Å². The Morgan fingerprint density at radius 3 is 2.50 bits per heavy atom. The minimum Gasteiger partial charge on any atom is -0.494 e. The molecule has 1 aliphatic rings. The van der Waals surface area contributed by atoms with Crippen LogP contribution in [0.15, 0.2) is 12.1 Å². The van der Waals surface area contributed by atoms with Gasteiger partial charge in [-0.2, -0.15) is 0 Å². The predicted octanol–water partition coefficient (Wildman–Crippen LogP) is 2.60. The van der Waals surface area contributed by atoms with Crippen LogP contribution in [-0.2, 0) is 0 Å². The summed E-state index contributed by atoms with van der Waals surface area (Å²) in [5, 5.41) is 3.26. The van der Waals surface area contributed by atoms with Crippen molar-refractivity contribution in [3.8, 4) is 5.75 Å². The summed E-state index contributed by atoms with van der Waals surface area (Å²) < 4.78 is 5.22. The number of nitrogens with zero attached hydrogens (tertiary/aromatic N) is 1. The molecule has 0 aromatic heterocycles. The average Bonchev–Trinajstić information content (AvgIpc) is 2.99. The molecular weight excluding hydrogens is 176 g/mol. The van der Waals surface area contributed by atoms with E-state index in [-0.39, 0.29) is 0 Å². The van der Waals surface area contributed by atoms with Gasteiger partial charge in [-0.1, -0.05) is 0 Å². The lowest BCUT2D eigenvalue weighted by molar-refractivity contribution is 0.418. The highest BCUT2D eigenvalue weighted by Crippen LogP contribution is 2.52. The normalized spacial score (nSPS) is 11.6. The Bertz CT molecular complexity index is 345. The van der Waals surface area contributed by atoms with Crippen LogP contribution in [0.4, 0.5) is 17.1 Å². The molecule has 76 valence electrons. The van der Waals surface area contributed by atoms with Crippen molar-refractivity contribution < 1.29 is 4.74 Å². The lowest BCUT2D eigenvalue weighted by atomic mass is 10.2. The zero-order valence-corrected chi connectivity index (χ0v) is 8.92. The van der Waals surface area contributed by atoms with Crippen LogP contribution >= 0.6 is 0 Å². The highest BCUT2D eigenvalue weighted by molar-refractivity contribution is 6.03. The van der Waals surface area contributed by atoms with Crippen molar-refractivity contribution in [1.29, 1.82) is 0 Å². The van der Waals surface area contributed by atoms with Crippen molar-refractivity contribution in [3.05, 3.63) is 12.1 Å². The van der Waals surface area contributed by atoms with Crippen molar-refractivity contribution in [2.45, 2.75) is 13.8 Å². The van der Waals surface area contributed by atoms with E-state index in [0.717, 1.165) is 24.5 Å². The molecule has 0 radical (unpaired) electrons. The van der Waals surface area contributed by atoms with Gasteiger partial charge >= 0.3 is 0 Å². The molecule has 0 spiro atoms. The fourth-order valence-corrected chi connectivity index (χ4v) is 1.79. The summed E-state index contributed by atoms with van der Waals surface area (Å²) in [5.74, 6) is 0.941. The predicted molar refractivity (Wildman–Crippen MR) is 59.8 cm³/mol. The maximum Gasteiger partial charge on any atom is 0.144 e. The van der Waals surface area contributed by atoms with Crippen LogP contribution < -0.4 is 15.0 Å². The number of nitrogens with one attached hydrogen (secondary N) is 1. The molecule has 2 rings (SSSR count). The standard InChI is InChI=1S/C11H16N2O/c1-4-13(5-2)8-6-7-9(14-3)11-10(8)12-11/h6-7,12H,4-5H2,1-3H3. The number of ether oxygens (including phenoxy) is 1. The van der Waals surface area contributed by atoms with E-state index in [1.54, 1.807) is 7.11 Å². The first-order chi connectivity index (χ1) is 6.81. The van der Waals surface area contributed by atoms with E-state index < -0.39 is 0 Å². The van der Waals surface area contributed by atoms with Gasteiger partial charge in [-0.25, -0.2) is 0 Å². The molecule has 0 saturated heterocycles. The molecule has 1 aliphatic heterocycles. The van der Waals surface area contributed by atoms with Crippen LogP contribution in [0.5, 0.6) is 5.75 Å². The number of rotatable bonds is 4. The summed E-state index contributed by atoms with van der Waals surface area (Å²) in [4.78, 5) is 2.33. The Labute approximate surface area is 84.7 Å². The Hall–Kier alpha value is -1.38. The molecule has 1 heterocycles. The number of hydrogen-bond acceptors (Lipinski definition) is 3. The lowest BCUT2D eigenvalue weighted by Crippen LogP contribution is -2.21. The van der Waals surface area contributed by atoms with Gasteiger partial charge in [0.1, 0.15) is 11.4 Å². The first-order valence-corrected chi connectivity index (χ1v) is 5.04. The molecule has 0 unspecified atom stereocenters. The molecular formula is C11H16N2O. The zero-order valence-electron chi connectivity index (χ0n) is 8.92. The minimum absolute atomic E-state index is 0.941. The fourth-order valence-electron chi connectivity index (χ4n) is 1.79. The summed E-state index contributed by atoms with van der Waals surface area (Å²) >= 11 is 0. The second kappa shape index (κ2) is 3.40. The van der Waals surface area contributed by atoms with Gasteiger partial charge in [-0.05, 0) is 26.0 Å². The highest BCUT2D eigenvalue weighted by atomic mass is 16.5. The molecule has 0 bridgehead atoms. The van der Waals surface area contributed by atoms with Gasteiger partial charge in [0, 0.05) is 13.1 Å². The van der Waals surface area contributed by atoms with Crippen molar-refractivity contribution in [2.24, 2.45) is 0 Å². The SMILES string of the molecule is CCN(CC)c1ccc(OC)c2c1N2. The Kier molecular flexibility index (Phi) is 2.23. The second-order valence-electron chi connectivity index (χ2n) is 3.33. The maximum absolute atomic E-state index is 5.22. The summed E-state index contributed by atoms with van der Waals surface area (Å²) in [5.41, 5.74) is 3.66. The molecule has 0 saturated carbocycles. The van der Waals surface area contributed by atoms with Crippen molar-refractivity contribution in [2.75, 3.05) is 30.4 Å². The molecule has 14 heavy (non-hydrogen) atoms. The van der Waals surface area contributed by atoms with Gasteiger partial charge in [-0.3, -0.25) is 0 Å². The van der Waals surface area contributed by atoms with Crippen LogP contribution in [0.2, 0.25) is 0 Å². The van der Waals surface area contributed by atoms with Gasteiger partial charge in [0.25, 0.3) is 0 Å². The van der Waals surface area contributed by atoms with Crippen LogP contribution in [-0.4, -0.2) is 20.2 Å². The van der Waals surface area contributed by atoms with Crippen LogP contribution in [0.25, 0.3) is 0 Å².